The maximum atomic E-state index is 12.1. The number of aryl methyl sites for hydroxylation is 1. The fourth-order valence-electron chi connectivity index (χ4n) is 2.59. The first-order valence-corrected chi connectivity index (χ1v) is 7.35. The van der Waals surface area contributed by atoms with Gasteiger partial charge in [-0.1, -0.05) is 25.1 Å². The van der Waals surface area contributed by atoms with E-state index >= 15 is 0 Å². The quantitative estimate of drug-likeness (QED) is 0.843. The summed E-state index contributed by atoms with van der Waals surface area (Å²) in [7, 11) is 0. The standard InChI is InChI=1S/C16H23N3O/c1-4-17-12(3)10-13(20)11-15-14-8-6-7-9-16(14)19(5-2)18-15/h6-9,12,17H,4-5,10-11H2,1-3H3. The Balaban J connectivity index is 2.15. The molecular weight excluding hydrogens is 250 g/mol. The maximum Gasteiger partial charge on any atom is 0.140 e. The number of para-hydroxylation sites is 1. The minimum Gasteiger partial charge on any atom is -0.314 e. The van der Waals surface area contributed by atoms with E-state index in [0.29, 0.717) is 12.8 Å². The highest BCUT2D eigenvalue weighted by atomic mass is 16.1. The van der Waals surface area contributed by atoms with Gasteiger partial charge < -0.3 is 5.32 Å². The highest BCUT2D eigenvalue weighted by Crippen LogP contribution is 2.19. The summed E-state index contributed by atoms with van der Waals surface area (Å²) in [6.07, 6.45) is 0.977. The fourth-order valence-corrected chi connectivity index (χ4v) is 2.59. The van der Waals surface area contributed by atoms with Gasteiger partial charge in [-0.15, -0.1) is 0 Å². The predicted molar refractivity (Wildman–Crippen MR) is 81.9 cm³/mol. The summed E-state index contributed by atoms with van der Waals surface area (Å²) in [5.74, 6) is 0.241. The van der Waals surface area contributed by atoms with E-state index < -0.39 is 0 Å². The summed E-state index contributed by atoms with van der Waals surface area (Å²) in [6.45, 7) is 7.88. The fraction of sp³-hybridized carbons (Fsp3) is 0.500. The van der Waals surface area contributed by atoms with Gasteiger partial charge >= 0.3 is 0 Å². The molecule has 4 nitrogen and oxygen atoms in total. The molecule has 2 rings (SSSR count). The van der Waals surface area contributed by atoms with Crippen LogP contribution in [0.25, 0.3) is 10.9 Å². The lowest BCUT2D eigenvalue weighted by Gasteiger charge is -2.10. The van der Waals surface area contributed by atoms with Crippen molar-refractivity contribution in [1.29, 1.82) is 0 Å². The van der Waals surface area contributed by atoms with Gasteiger partial charge in [0.2, 0.25) is 0 Å². The molecule has 4 heteroatoms. The Hall–Kier alpha value is -1.68. The molecule has 0 aliphatic rings. The van der Waals surface area contributed by atoms with Crippen LogP contribution in [0.3, 0.4) is 0 Å². The van der Waals surface area contributed by atoms with Crippen molar-refractivity contribution >= 4 is 16.7 Å². The van der Waals surface area contributed by atoms with Crippen molar-refractivity contribution in [3.8, 4) is 0 Å². The van der Waals surface area contributed by atoms with Crippen molar-refractivity contribution < 1.29 is 4.79 Å². The average Bonchev–Trinajstić information content (AvgIpc) is 2.77. The number of carbonyl (C=O) groups is 1. The first kappa shape index (κ1) is 14.7. The molecule has 1 unspecified atom stereocenters. The molecule has 20 heavy (non-hydrogen) atoms. The molecule has 108 valence electrons. The largest absolute Gasteiger partial charge is 0.314 e. The maximum absolute atomic E-state index is 12.1. The Morgan fingerprint density at radius 3 is 2.80 bits per heavy atom. The van der Waals surface area contributed by atoms with Crippen LogP contribution in [0.15, 0.2) is 24.3 Å². The SMILES string of the molecule is CCNC(C)CC(=O)Cc1nn(CC)c2ccccc12. The molecule has 1 heterocycles. The summed E-state index contributed by atoms with van der Waals surface area (Å²) in [4.78, 5) is 12.1. The van der Waals surface area contributed by atoms with Crippen molar-refractivity contribution in [1.82, 2.24) is 15.1 Å². The first-order chi connectivity index (χ1) is 9.65. The number of carbonyl (C=O) groups excluding carboxylic acids is 1. The lowest BCUT2D eigenvalue weighted by molar-refractivity contribution is -0.118. The molecule has 0 spiro atoms. The summed E-state index contributed by atoms with van der Waals surface area (Å²) in [5, 5.41) is 8.94. The number of fused-ring (bicyclic) bond motifs is 1. The molecule has 0 aliphatic carbocycles. The van der Waals surface area contributed by atoms with Crippen molar-refractivity contribution in [2.45, 2.75) is 46.2 Å². The van der Waals surface area contributed by atoms with Gasteiger partial charge in [0, 0.05) is 24.4 Å². The Morgan fingerprint density at radius 2 is 2.10 bits per heavy atom. The van der Waals surface area contributed by atoms with E-state index in [1.807, 2.05) is 29.8 Å². The molecule has 1 aromatic carbocycles. The number of hydrogen-bond donors (Lipinski definition) is 1. The molecule has 0 bridgehead atoms. The van der Waals surface area contributed by atoms with E-state index in [1.54, 1.807) is 0 Å². The van der Waals surface area contributed by atoms with Crippen LogP contribution in [0.2, 0.25) is 0 Å². The van der Waals surface area contributed by atoms with Crippen molar-refractivity contribution in [2.24, 2.45) is 0 Å². The molecule has 1 atom stereocenters. The van der Waals surface area contributed by atoms with Crippen LogP contribution in [0.5, 0.6) is 0 Å². The van der Waals surface area contributed by atoms with Gasteiger partial charge in [-0.3, -0.25) is 9.48 Å². The van der Waals surface area contributed by atoms with E-state index in [0.717, 1.165) is 29.7 Å². The summed E-state index contributed by atoms with van der Waals surface area (Å²) in [6, 6.07) is 8.34. The second-order valence-corrected chi connectivity index (χ2v) is 5.16. The minimum atomic E-state index is 0.229. The Bertz CT molecular complexity index is 588. The lowest BCUT2D eigenvalue weighted by atomic mass is 10.1. The van der Waals surface area contributed by atoms with Gasteiger partial charge in [0.15, 0.2) is 0 Å². The van der Waals surface area contributed by atoms with Crippen LogP contribution in [0.1, 0.15) is 32.9 Å². The second kappa shape index (κ2) is 6.66. The number of rotatable bonds is 7. The summed E-state index contributed by atoms with van der Waals surface area (Å²) < 4.78 is 1.96. The first-order valence-electron chi connectivity index (χ1n) is 7.35. The number of nitrogens with one attached hydrogen (secondary N) is 1. The third kappa shape index (κ3) is 3.25. The van der Waals surface area contributed by atoms with Crippen LogP contribution in [-0.4, -0.2) is 28.2 Å². The van der Waals surface area contributed by atoms with Crippen LogP contribution in [0.4, 0.5) is 0 Å². The molecule has 0 fully saturated rings. The number of nitrogens with zero attached hydrogens (tertiary/aromatic N) is 2. The number of Topliss-reactive ketones (excluding diaryl/α,β-unsaturated/α-hetero) is 1. The molecule has 0 aliphatic heterocycles. The zero-order valence-electron chi connectivity index (χ0n) is 12.5. The summed E-state index contributed by atoms with van der Waals surface area (Å²) >= 11 is 0. The monoisotopic (exact) mass is 273 g/mol. The van der Waals surface area contributed by atoms with Crippen molar-refractivity contribution in [3.05, 3.63) is 30.0 Å². The molecule has 2 aromatic rings. The zero-order chi connectivity index (χ0) is 14.5. The van der Waals surface area contributed by atoms with Crippen LogP contribution >= 0.6 is 0 Å². The average molecular weight is 273 g/mol. The zero-order valence-corrected chi connectivity index (χ0v) is 12.5. The van der Waals surface area contributed by atoms with E-state index in [2.05, 4.69) is 30.3 Å². The van der Waals surface area contributed by atoms with E-state index in [1.165, 1.54) is 0 Å². The topological polar surface area (TPSA) is 46.9 Å². The number of benzene rings is 1. The molecule has 1 N–H and O–H groups in total. The van der Waals surface area contributed by atoms with Crippen LogP contribution < -0.4 is 5.32 Å². The normalized spacial score (nSPS) is 12.8. The Morgan fingerprint density at radius 1 is 1.35 bits per heavy atom. The Kier molecular flexibility index (Phi) is 4.90. The number of ketones is 1. The molecule has 0 amide bonds. The van der Waals surface area contributed by atoms with E-state index in [-0.39, 0.29) is 11.8 Å². The molecule has 0 saturated heterocycles. The van der Waals surface area contributed by atoms with Gasteiger partial charge in [0.1, 0.15) is 5.78 Å². The highest BCUT2D eigenvalue weighted by Gasteiger charge is 2.14. The third-order valence-electron chi connectivity index (χ3n) is 3.49. The smallest absolute Gasteiger partial charge is 0.140 e. The summed E-state index contributed by atoms with van der Waals surface area (Å²) in [5.41, 5.74) is 2.01. The molecule has 0 saturated carbocycles. The van der Waals surface area contributed by atoms with Gasteiger partial charge in [-0.2, -0.15) is 5.10 Å². The van der Waals surface area contributed by atoms with Gasteiger partial charge in [0.05, 0.1) is 17.6 Å². The number of aromatic nitrogens is 2. The minimum absolute atomic E-state index is 0.229. The molecular formula is C16H23N3O. The lowest BCUT2D eigenvalue weighted by Crippen LogP contribution is -2.28. The van der Waals surface area contributed by atoms with Crippen molar-refractivity contribution in [3.63, 3.8) is 0 Å². The van der Waals surface area contributed by atoms with Gasteiger partial charge in [-0.25, -0.2) is 0 Å². The van der Waals surface area contributed by atoms with E-state index in [4.69, 9.17) is 0 Å². The van der Waals surface area contributed by atoms with E-state index in [9.17, 15) is 4.79 Å². The third-order valence-corrected chi connectivity index (χ3v) is 3.49. The van der Waals surface area contributed by atoms with Gasteiger partial charge in [0.25, 0.3) is 0 Å². The molecule has 1 aromatic heterocycles. The van der Waals surface area contributed by atoms with Gasteiger partial charge in [-0.05, 0) is 26.5 Å². The number of hydrogen-bond acceptors (Lipinski definition) is 3. The van der Waals surface area contributed by atoms with Crippen LogP contribution in [-0.2, 0) is 17.8 Å². The highest BCUT2D eigenvalue weighted by molar-refractivity contribution is 5.88. The molecule has 0 radical (unpaired) electrons. The Labute approximate surface area is 120 Å². The van der Waals surface area contributed by atoms with Crippen LogP contribution in [0, 0.1) is 0 Å². The predicted octanol–water partition coefficient (Wildman–Crippen LogP) is 2.56. The second-order valence-electron chi connectivity index (χ2n) is 5.16. The van der Waals surface area contributed by atoms with Crippen molar-refractivity contribution in [2.75, 3.05) is 6.54 Å².